The van der Waals surface area contributed by atoms with Gasteiger partial charge in [0.05, 0.1) is 6.54 Å². The van der Waals surface area contributed by atoms with E-state index < -0.39 is 0 Å². The predicted molar refractivity (Wildman–Crippen MR) is 102 cm³/mol. The van der Waals surface area contributed by atoms with Crippen molar-refractivity contribution in [2.24, 2.45) is 4.99 Å². The van der Waals surface area contributed by atoms with Crippen molar-refractivity contribution in [2.45, 2.75) is 52.5 Å². The molecule has 0 spiro atoms. The zero-order valence-corrected chi connectivity index (χ0v) is 16.6. The first-order valence-corrected chi connectivity index (χ1v) is 7.73. The van der Waals surface area contributed by atoms with Crippen LogP contribution in [0.3, 0.4) is 0 Å². The Morgan fingerprint density at radius 3 is 2.35 bits per heavy atom. The molecular weight excluding hydrogens is 381 g/mol. The minimum absolute atomic E-state index is 0. The first-order chi connectivity index (χ1) is 8.74. The molecule has 0 saturated heterocycles. The second-order valence-corrected chi connectivity index (χ2v) is 7.38. The molecule has 0 atom stereocenters. The summed E-state index contributed by atoms with van der Waals surface area (Å²) < 4.78 is 0. The summed E-state index contributed by atoms with van der Waals surface area (Å²) in [5, 5.41) is 8.84. The molecule has 1 rings (SSSR count). The van der Waals surface area contributed by atoms with Crippen LogP contribution in [0.25, 0.3) is 0 Å². The van der Waals surface area contributed by atoms with Crippen LogP contribution < -0.4 is 10.6 Å². The fourth-order valence-corrected chi connectivity index (χ4v) is 2.53. The average Bonchev–Trinajstić information content (AvgIpc) is 2.78. The van der Waals surface area contributed by atoms with E-state index in [-0.39, 0.29) is 34.9 Å². The Balaban J connectivity index is 0.00000361. The first kappa shape index (κ1) is 19.7. The number of nitrogens with zero attached hydrogens (tertiary/aromatic N) is 1. The maximum Gasteiger partial charge on any atom is 0.191 e. The number of hydrogen-bond acceptors (Lipinski definition) is 2. The van der Waals surface area contributed by atoms with E-state index in [9.17, 15) is 0 Å². The summed E-state index contributed by atoms with van der Waals surface area (Å²) in [5.41, 5.74) is 0.0997. The standard InChI is InChI=1S/C15H27N3S.HI/c1-7-16-13(18-14(2,3)4)17-11-15(5,6)12-9-8-10-19-12;/h8-10H,7,11H2,1-6H3,(H2,16,17,18);1H. The van der Waals surface area contributed by atoms with Crippen molar-refractivity contribution in [2.75, 3.05) is 13.1 Å². The zero-order chi connectivity index (χ0) is 14.5. The van der Waals surface area contributed by atoms with Crippen molar-refractivity contribution in [3.63, 3.8) is 0 Å². The Labute approximate surface area is 144 Å². The Bertz CT molecular complexity index is 405. The predicted octanol–water partition coefficient (Wildman–Crippen LogP) is 4.00. The van der Waals surface area contributed by atoms with Crippen molar-refractivity contribution in [1.29, 1.82) is 0 Å². The van der Waals surface area contributed by atoms with E-state index in [4.69, 9.17) is 4.99 Å². The van der Waals surface area contributed by atoms with E-state index in [1.807, 2.05) is 0 Å². The lowest BCUT2D eigenvalue weighted by molar-refractivity contribution is 0.495. The van der Waals surface area contributed by atoms with E-state index in [1.54, 1.807) is 11.3 Å². The molecule has 0 radical (unpaired) electrons. The quantitative estimate of drug-likeness (QED) is 0.448. The smallest absolute Gasteiger partial charge is 0.191 e. The number of halogens is 1. The van der Waals surface area contributed by atoms with Crippen LogP contribution in [0.2, 0.25) is 0 Å². The molecule has 20 heavy (non-hydrogen) atoms. The average molecular weight is 409 g/mol. The summed E-state index contributed by atoms with van der Waals surface area (Å²) in [4.78, 5) is 6.11. The number of aliphatic imine (C=N–C) groups is 1. The molecule has 0 saturated carbocycles. The molecule has 0 amide bonds. The van der Waals surface area contributed by atoms with E-state index in [1.165, 1.54) is 4.88 Å². The van der Waals surface area contributed by atoms with Crippen molar-refractivity contribution < 1.29 is 0 Å². The van der Waals surface area contributed by atoms with Crippen molar-refractivity contribution in [3.05, 3.63) is 22.4 Å². The van der Waals surface area contributed by atoms with Gasteiger partial charge in [0, 0.05) is 22.4 Å². The minimum Gasteiger partial charge on any atom is -0.357 e. The van der Waals surface area contributed by atoms with E-state index in [2.05, 4.69) is 69.7 Å². The Hall–Kier alpha value is -0.300. The van der Waals surface area contributed by atoms with Crippen LogP contribution >= 0.6 is 35.3 Å². The largest absolute Gasteiger partial charge is 0.357 e. The molecule has 116 valence electrons. The van der Waals surface area contributed by atoms with Gasteiger partial charge in [0.25, 0.3) is 0 Å². The number of hydrogen-bond donors (Lipinski definition) is 2. The highest BCUT2D eigenvalue weighted by Gasteiger charge is 2.22. The van der Waals surface area contributed by atoms with Crippen LogP contribution in [-0.4, -0.2) is 24.6 Å². The topological polar surface area (TPSA) is 36.4 Å². The lowest BCUT2D eigenvalue weighted by Crippen LogP contribution is -2.48. The van der Waals surface area contributed by atoms with Crippen molar-refractivity contribution >= 4 is 41.3 Å². The number of rotatable bonds is 4. The van der Waals surface area contributed by atoms with E-state index in [0.717, 1.165) is 19.0 Å². The zero-order valence-electron chi connectivity index (χ0n) is 13.4. The third-order valence-electron chi connectivity index (χ3n) is 2.66. The van der Waals surface area contributed by atoms with Gasteiger partial charge in [-0.05, 0) is 39.1 Å². The maximum absolute atomic E-state index is 4.73. The molecule has 3 nitrogen and oxygen atoms in total. The molecule has 0 aliphatic carbocycles. The normalized spacial score (nSPS) is 12.8. The van der Waals surface area contributed by atoms with Gasteiger partial charge in [0.1, 0.15) is 0 Å². The number of thiophene rings is 1. The van der Waals surface area contributed by atoms with Crippen LogP contribution in [0.5, 0.6) is 0 Å². The van der Waals surface area contributed by atoms with Crippen LogP contribution in [0.15, 0.2) is 22.5 Å². The molecule has 5 heteroatoms. The molecule has 0 aromatic carbocycles. The van der Waals surface area contributed by atoms with Gasteiger partial charge in [-0.15, -0.1) is 35.3 Å². The highest BCUT2D eigenvalue weighted by Crippen LogP contribution is 2.27. The molecule has 1 heterocycles. The highest BCUT2D eigenvalue weighted by molar-refractivity contribution is 14.0. The SMILES string of the molecule is CCNC(=NCC(C)(C)c1cccs1)NC(C)(C)C.I. The summed E-state index contributed by atoms with van der Waals surface area (Å²) in [6, 6.07) is 4.29. The lowest BCUT2D eigenvalue weighted by atomic mass is 9.92. The van der Waals surface area contributed by atoms with Gasteiger partial charge < -0.3 is 10.6 Å². The van der Waals surface area contributed by atoms with Gasteiger partial charge in [-0.2, -0.15) is 0 Å². The van der Waals surface area contributed by atoms with Crippen molar-refractivity contribution in [1.82, 2.24) is 10.6 Å². The summed E-state index contributed by atoms with van der Waals surface area (Å²) in [6.07, 6.45) is 0. The van der Waals surface area contributed by atoms with Gasteiger partial charge >= 0.3 is 0 Å². The summed E-state index contributed by atoms with van der Waals surface area (Å²) in [7, 11) is 0. The molecule has 0 fully saturated rings. The fraction of sp³-hybridized carbons (Fsp3) is 0.667. The first-order valence-electron chi connectivity index (χ1n) is 6.85. The van der Waals surface area contributed by atoms with Gasteiger partial charge in [-0.1, -0.05) is 19.9 Å². The Kier molecular flexibility index (Phi) is 8.09. The molecule has 1 aromatic rings. The van der Waals surface area contributed by atoms with Crippen molar-refractivity contribution in [3.8, 4) is 0 Å². The number of guanidine groups is 1. The Morgan fingerprint density at radius 1 is 1.25 bits per heavy atom. The second-order valence-electron chi connectivity index (χ2n) is 6.43. The minimum atomic E-state index is 0. The fourth-order valence-electron chi connectivity index (χ4n) is 1.68. The maximum atomic E-state index is 4.73. The number of nitrogens with one attached hydrogen (secondary N) is 2. The second kappa shape index (κ2) is 8.22. The summed E-state index contributed by atoms with van der Waals surface area (Å²) in [6.45, 7) is 14.6. The van der Waals surface area contributed by atoms with Crippen LogP contribution in [0.1, 0.15) is 46.4 Å². The molecule has 1 aromatic heterocycles. The molecule has 2 N–H and O–H groups in total. The van der Waals surface area contributed by atoms with Gasteiger partial charge in [0.15, 0.2) is 5.96 Å². The third-order valence-corrected chi connectivity index (χ3v) is 3.89. The molecular formula is C15H28IN3S. The van der Waals surface area contributed by atoms with Crippen LogP contribution in [0.4, 0.5) is 0 Å². The highest BCUT2D eigenvalue weighted by atomic mass is 127. The van der Waals surface area contributed by atoms with Gasteiger partial charge in [0.2, 0.25) is 0 Å². The summed E-state index contributed by atoms with van der Waals surface area (Å²) >= 11 is 1.80. The van der Waals surface area contributed by atoms with E-state index >= 15 is 0 Å². The molecule has 0 bridgehead atoms. The molecule has 0 aliphatic heterocycles. The molecule has 0 unspecified atom stereocenters. The monoisotopic (exact) mass is 409 g/mol. The van der Waals surface area contributed by atoms with Crippen LogP contribution in [-0.2, 0) is 5.41 Å². The van der Waals surface area contributed by atoms with Gasteiger partial charge in [-0.25, -0.2) is 0 Å². The summed E-state index contributed by atoms with van der Waals surface area (Å²) in [5.74, 6) is 0.889. The van der Waals surface area contributed by atoms with Gasteiger partial charge in [-0.3, -0.25) is 4.99 Å². The van der Waals surface area contributed by atoms with Crippen LogP contribution in [0, 0.1) is 0 Å². The Morgan fingerprint density at radius 2 is 1.90 bits per heavy atom. The third kappa shape index (κ3) is 6.92. The van der Waals surface area contributed by atoms with E-state index in [0.29, 0.717) is 0 Å². The lowest BCUT2D eigenvalue weighted by Gasteiger charge is -2.26. The molecule has 0 aliphatic rings.